The van der Waals surface area contributed by atoms with E-state index in [4.69, 9.17) is 5.11 Å². The number of carboxylic acids is 1. The van der Waals surface area contributed by atoms with Crippen molar-refractivity contribution in [1.29, 1.82) is 0 Å². The summed E-state index contributed by atoms with van der Waals surface area (Å²) in [6.07, 6.45) is 5.14. The predicted molar refractivity (Wildman–Crippen MR) is 76.5 cm³/mol. The Morgan fingerprint density at radius 2 is 2.00 bits per heavy atom. The van der Waals surface area contributed by atoms with Crippen LogP contribution in [-0.2, 0) is 14.4 Å². The third-order valence-corrected chi connectivity index (χ3v) is 4.13. The van der Waals surface area contributed by atoms with Crippen molar-refractivity contribution in [2.75, 3.05) is 19.6 Å². The lowest BCUT2D eigenvalue weighted by atomic mass is 10.1. The van der Waals surface area contributed by atoms with Crippen LogP contribution >= 0.6 is 0 Å². The topological polar surface area (TPSA) is 86.7 Å². The van der Waals surface area contributed by atoms with Crippen molar-refractivity contribution in [2.45, 2.75) is 44.9 Å². The van der Waals surface area contributed by atoms with E-state index in [-0.39, 0.29) is 24.2 Å². The monoisotopic (exact) mass is 296 g/mol. The van der Waals surface area contributed by atoms with Gasteiger partial charge in [0.2, 0.25) is 11.8 Å². The van der Waals surface area contributed by atoms with E-state index in [1.54, 1.807) is 0 Å². The zero-order chi connectivity index (χ0) is 15.2. The van der Waals surface area contributed by atoms with Gasteiger partial charge in [0, 0.05) is 32.5 Å². The van der Waals surface area contributed by atoms with E-state index in [1.165, 1.54) is 12.8 Å². The Bertz CT molecular complexity index is 406. The summed E-state index contributed by atoms with van der Waals surface area (Å²) in [6, 6.07) is 0. The second-order valence-electron chi connectivity index (χ2n) is 6.14. The average molecular weight is 296 g/mol. The third-order valence-electron chi connectivity index (χ3n) is 4.13. The molecule has 1 saturated heterocycles. The molecule has 1 atom stereocenters. The minimum atomic E-state index is -0.778. The van der Waals surface area contributed by atoms with Gasteiger partial charge in [-0.3, -0.25) is 14.4 Å². The van der Waals surface area contributed by atoms with E-state index in [0.29, 0.717) is 31.8 Å². The number of hydrogen-bond acceptors (Lipinski definition) is 3. The first kappa shape index (κ1) is 15.8. The molecule has 1 unspecified atom stereocenters. The molecule has 0 spiro atoms. The summed E-state index contributed by atoms with van der Waals surface area (Å²) in [5, 5.41) is 11.4. The maximum atomic E-state index is 12.0. The number of carbonyl (C=O) groups excluding carboxylic acids is 2. The number of unbranched alkanes of at least 4 members (excludes halogenated alkanes) is 2. The Balaban J connectivity index is 1.58. The Labute approximate surface area is 124 Å². The molecule has 2 aliphatic rings. The van der Waals surface area contributed by atoms with Crippen LogP contribution in [0.3, 0.4) is 0 Å². The minimum absolute atomic E-state index is 0.0418. The molecule has 21 heavy (non-hydrogen) atoms. The van der Waals surface area contributed by atoms with Crippen molar-refractivity contribution in [1.82, 2.24) is 10.2 Å². The zero-order valence-electron chi connectivity index (χ0n) is 12.3. The quantitative estimate of drug-likeness (QED) is 0.622. The van der Waals surface area contributed by atoms with Gasteiger partial charge in [0.1, 0.15) is 0 Å². The SMILES string of the molecule is O=C(O)CCCCCNC(=O)C1CC(=O)N(CC2CC2)C1. The van der Waals surface area contributed by atoms with Crippen LogP contribution < -0.4 is 5.32 Å². The van der Waals surface area contributed by atoms with E-state index in [0.717, 1.165) is 19.4 Å². The normalized spacial score (nSPS) is 21.6. The van der Waals surface area contributed by atoms with Crippen LogP contribution in [0, 0.1) is 11.8 Å². The number of aliphatic carboxylic acids is 1. The number of likely N-dealkylation sites (tertiary alicyclic amines) is 1. The van der Waals surface area contributed by atoms with E-state index >= 15 is 0 Å². The predicted octanol–water partition coefficient (Wildman–Crippen LogP) is 1.01. The molecule has 2 rings (SSSR count). The third kappa shape index (κ3) is 5.36. The molecule has 6 nitrogen and oxygen atoms in total. The van der Waals surface area contributed by atoms with Crippen molar-refractivity contribution in [3.63, 3.8) is 0 Å². The molecule has 2 fully saturated rings. The van der Waals surface area contributed by atoms with Crippen LogP contribution in [0.25, 0.3) is 0 Å². The molecule has 1 aliphatic carbocycles. The highest BCUT2D eigenvalue weighted by atomic mass is 16.4. The molecule has 1 heterocycles. The molecule has 1 saturated carbocycles. The molecule has 0 aromatic heterocycles. The fourth-order valence-corrected chi connectivity index (χ4v) is 2.67. The summed E-state index contributed by atoms with van der Waals surface area (Å²) >= 11 is 0. The van der Waals surface area contributed by atoms with E-state index in [1.807, 2.05) is 4.90 Å². The number of hydrogen-bond donors (Lipinski definition) is 2. The molecule has 0 bridgehead atoms. The van der Waals surface area contributed by atoms with Gasteiger partial charge >= 0.3 is 5.97 Å². The van der Waals surface area contributed by atoms with Crippen molar-refractivity contribution in [2.24, 2.45) is 11.8 Å². The van der Waals surface area contributed by atoms with Crippen LogP contribution in [0.15, 0.2) is 0 Å². The first-order valence-corrected chi connectivity index (χ1v) is 7.83. The number of carboxylic acid groups (broad SMARTS) is 1. The van der Waals surface area contributed by atoms with Gasteiger partial charge < -0.3 is 15.3 Å². The molecule has 1 aliphatic heterocycles. The summed E-state index contributed by atoms with van der Waals surface area (Å²) in [7, 11) is 0. The standard InChI is InChI=1S/C15H24N2O4/c18-13-8-12(10-17(13)9-11-5-6-11)15(21)16-7-3-1-2-4-14(19)20/h11-12H,1-10H2,(H,16,21)(H,19,20). The number of carbonyl (C=O) groups is 3. The second-order valence-corrected chi connectivity index (χ2v) is 6.14. The van der Waals surface area contributed by atoms with E-state index in [9.17, 15) is 14.4 Å². The maximum absolute atomic E-state index is 12.0. The molecule has 6 heteroatoms. The van der Waals surface area contributed by atoms with Crippen LogP contribution in [-0.4, -0.2) is 47.4 Å². The summed E-state index contributed by atoms with van der Waals surface area (Å²) in [5.41, 5.74) is 0. The highest BCUT2D eigenvalue weighted by Crippen LogP contribution is 2.31. The summed E-state index contributed by atoms with van der Waals surface area (Å²) in [4.78, 5) is 36.0. The van der Waals surface area contributed by atoms with Gasteiger partial charge in [-0.2, -0.15) is 0 Å². The fraction of sp³-hybridized carbons (Fsp3) is 0.800. The van der Waals surface area contributed by atoms with Crippen LogP contribution in [0.5, 0.6) is 0 Å². The number of amides is 2. The molecular weight excluding hydrogens is 272 g/mol. The Hall–Kier alpha value is -1.59. The lowest BCUT2D eigenvalue weighted by molar-refractivity contribution is -0.137. The van der Waals surface area contributed by atoms with Crippen LogP contribution in [0.2, 0.25) is 0 Å². The molecule has 0 aromatic carbocycles. The maximum Gasteiger partial charge on any atom is 0.303 e. The largest absolute Gasteiger partial charge is 0.481 e. The Kier molecular flexibility index (Phi) is 5.59. The van der Waals surface area contributed by atoms with Crippen molar-refractivity contribution in [3.05, 3.63) is 0 Å². The molecule has 0 radical (unpaired) electrons. The highest BCUT2D eigenvalue weighted by Gasteiger charge is 2.36. The Morgan fingerprint density at radius 1 is 1.24 bits per heavy atom. The molecule has 2 N–H and O–H groups in total. The van der Waals surface area contributed by atoms with E-state index < -0.39 is 5.97 Å². The first-order valence-electron chi connectivity index (χ1n) is 7.83. The lowest BCUT2D eigenvalue weighted by Gasteiger charge is -2.15. The Morgan fingerprint density at radius 3 is 2.67 bits per heavy atom. The van der Waals surface area contributed by atoms with Crippen molar-refractivity contribution >= 4 is 17.8 Å². The average Bonchev–Trinajstić information content (AvgIpc) is 3.16. The van der Waals surface area contributed by atoms with Gasteiger partial charge in [-0.15, -0.1) is 0 Å². The number of rotatable bonds is 9. The van der Waals surface area contributed by atoms with Crippen LogP contribution in [0.1, 0.15) is 44.9 Å². The number of nitrogens with zero attached hydrogens (tertiary/aromatic N) is 1. The van der Waals surface area contributed by atoms with E-state index in [2.05, 4.69) is 5.32 Å². The smallest absolute Gasteiger partial charge is 0.303 e. The first-order chi connectivity index (χ1) is 10.1. The molecular formula is C15H24N2O4. The molecule has 2 amide bonds. The molecule has 0 aromatic rings. The van der Waals surface area contributed by atoms with Gasteiger partial charge in [0.15, 0.2) is 0 Å². The van der Waals surface area contributed by atoms with Gasteiger partial charge in [0.25, 0.3) is 0 Å². The van der Waals surface area contributed by atoms with Gasteiger partial charge in [-0.25, -0.2) is 0 Å². The van der Waals surface area contributed by atoms with Gasteiger partial charge in [0.05, 0.1) is 5.92 Å². The zero-order valence-corrected chi connectivity index (χ0v) is 12.3. The highest BCUT2D eigenvalue weighted by molar-refractivity contribution is 5.89. The minimum Gasteiger partial charge on any atom is -0.481 e. The second kappa shape index (κ2) is 7.43. The van der Waals surface area contributed by atoms with Crippen molar-refractivity contribution < 1.29 is 19.5 Å². The summed E-state index contributed by atoms with van der Waals surface area (Å²) < 4.78 is 0. The lowest BCUT2D eigenvalue weighted by Crippen LogP contribution is -2.34. The summed E-state index contributed by atoms with van der Waals surface area (Å²) in [5.74, 6) is -0.275. The van der Waals surface area contributed by atoms with Crippen molar-refractivity contribution in [3.8, 4) is 0 Å². The van der Waals surface area contributed by atoms with Crippen LogP contribution in [0.4, 0.5) is 0 Å². The summed E-state index contributed by atoms with van der Waals surface area (Å²) in [6.45, 7) is 1.93. The molecule has 118 valence electrons. The van der Waals surface area contributed by atoms with Gasteiger partial charge in [-0.1, -0.05) is 6.42 Å². The van der Waals surface area contributed by atoms with Gasteiger partial charge in [-0.05, 0) is 31.6 Å². The fourth-order valence-electron chi connectivity index (χ4n) is 2.67. The number of nitrogens with one attached hydrogen (secondary N) is 1.